The first-order chi connectivity index (χ1) is 8.08. The van der Waals surface area contributed by atoms with Gasteiger partial charge >= 0.3 is 0 Å². The predicted molar refractivity (Wildman–Crippen MR) is 67.5 cm³/mol. The van der Waals surface area contributed by atoms with Crippen molar-refractivity contribution in [3.05, 3.63) is 0 Å². The molecule has 4 heteroatoms. The third kappa shape index (κ3) is 4.02. The molecule has 1 N–H and O–H groups in total. The molecule has 1 heterocycles. The summed E-state index contributed by atoms with van der Waals surface area (Å²) >= 11 is 0. The topological polar surface area (TPSA) is 49.4 Å². The first-order valence-electron chi connectivity index (χ1n) is 6.66. The highest BCUT2D eigenvalue weighted by atomic mass is 16.2. The molecule has 1 fully saturated rings. The average molecular weight is 240 g/mol. The van der Waals surface area contributed by atoms with Gasteiger partial charge in [0, 0.05) is 19.5 Å². The van der Waals surface area contributed by atoms with Crippen LogP contribution in [0.1, 0.15) is 46.5 Å². The molecule has 0 spiro atoms. The smallest absolute Gasteiger partial charge is 0.245 e. The zero-order chi connectivity index (χ0) is 12.8. The van der Waals surface area contributed by atoms with Gasteiger partial charge in [-0.1, -0.05) is 27.2 Å². The fraction of sp³-hybridized carbons (Fsp3) is 0.846. The molecule has 2 atom stereocenters. The summed E-state index contributed by atoms with van der Waals surface area (Å²) < 4.78 is 0. The van der Waals surface area contributed by atoms with Crippen molar-refractivity contribution in [3.8, 4) is 0 Å². The Morgan fingerprint density at radius 1 is 1.41 bits per heavy atom. The molecule has 1 aliphatic rings. The van der Waals surface area contributed by atoms with Crippen LogP contribution in [0.5, 0.6) is 0 Å². The summed E-state index contributed by atoms with van der Waals surface area (Å²) in [5.74, 6) is 0.590. The quantitative estimate of drug-likeness (QED) is 0.792. The van der Waals surface area contributed by atoms with Gasteiger partial charge in [0.2, 0.25) is 11.8 Å². The zero-order valence-electron chi connectivity index (χ0n) is 11.2. The maximum absolute atomic E-state index is 12.2. The van der Waals surface area contributed by atoms with Gasteiger partial charge in [0.05, 0.1) is 0 Å². The molecule has 0 aliphatic carbocycles. The Hall–Kier alpha value is -1.06. The number of amides is 2. The summed E-state index contributed by atoms with van der Waals surface area (Å²) in [6.07, 6.45) is 3.36. The average Bonchev–Trinajstić information content (AvgIpc) is 2.42. The van der Waals surface area contributed by atoms with Crippen LogP contribution in [0.4, 0.5) is 0 Å². The van der Waals surface area contributed by atoms with E-state index in [0.29, 0.717) is 25.3 Å². The Morgan fingerprint density at radius 3 is 2.71 bits per heavy atom. The maximum Gasteiger partial charge on any atom is 0.245 e. The summed E-state index contributed by atoms with van der Waals surface area (Å²) in [7, 11) is 0. The van der Waals surface area contributed by atoms with Crippen LogP contribution < -0.4 is 5.32 Å². The van der Waals surface area contributed by atoms with Crippen molar-refractivity contribution in [2.75, 3.05) is 13.1 Å². The van der Waals surface area contributed by atoms with Crippen LogP contribution in [-0.2, 0) is 9.59 Å². The lowest BCUT2D eigenvalue weighted by atomic mass is 10.0. The maximum atomic E-state index is 12.2. The van der Waals surface area contributed by atoms with Gasteiger partial charge in [0.25, 0.3) is 0 Å². The van der Waals surface area contributed by atoms with E-state index in [2.05, 4.69) is 19.2 Å². The summed E-state index contributed by atoms with van der Waals surface area (Å²) in [5.41, 5.74) is 0. The Bertz CT molecular complexity index is 279. The molecule has 1 rings (SSSR count). The number of hydrogen-bond acceptors (Lipinski definition) is 2. The monoisotopic (exact) mass is 240 g/mol. The lowest BCUT2D eigenvalue weighted by Crippen LogP contribution is -2.45. The molecule has 0 aromatic carbocycles. The van der Waals surface area contributed by atoms with Crippen LogP contribution >= 0.6 is 0 Å². The molecule has 0 aromatic rings. The second kappa shape index (κ2) is 6.62. The van der Waals surface area contributed by atoms with E-state index >= 15 is 0 Å². The van der Waals surface area contributed by atoms with Crippen molar-refractivity contribution in [3.63, 3.8) is 0 Å². The normalized spacial score (nSPS) is 23.2. The lowest BCUT2D eigenvalue weighted by Gasteiger charge is -2.26. The van der Waals surface area contributed by atoms with Crippen molar-refractivity contribution in [2.45, 2.75) is 52.5 Å². The van der Waals surface area contributed by atoms with Gasteiger partial charge < -0.3 is 10.2 Å². The van der Waals surface area contributed by atoms with E-state index in [1.807, 2.05) is 11.8 Å². The summed E-state index contributed by atoms with van der Waals surface area (Å²) in [5, 5.41) is 2.78. The van der Waals surface area contributed by atoms with Crippen LogP contribution in [0, 0.1) is 5.92 Å². The van der Waals surface area contributed by atoms with E-state index in [-0.39, 0.29) is 17.9 Å². The van der Waals surface area contributed by atoms with Crippen molar-refractivity contribution in [2.24, 2.45) is 5.92 Å². The fourth-order valence-electron chi connectivity index (χ4n) is 2.31. The van der Waals surface area contributed by atoms with Crippen LogP contribution in [0.2, 0.25) is 0 Å². The summed E-state index contributed by atoms with van der Waals surface area (Å²) in [6.45, 7) is 7.59. The second-order valence-electron chi connectivity index (χ2n) is 4.96. The number of carbonyl (C=O) groups excluding carboxylic acids is 2. The predicted octanol–water partition coefficient (Wildman–Crippen LogP) is 1.55. The van der Waals surface area contributed by atoms with Gasteiger partial charge in [-0.15, -0.1) is 0 Å². The first kappa shape index (κ1) is 14.0. The van der Waals surface area contributed by atoms with Gasteiger partial charge in [-0.2, -0.15) is 0 Å². The molecule has 2 unspecified atom stereocenters. The first-order valence-corrected chi connectivity index (χ1v) is 6.66. The minimum Gasteiger partial charge on any atom is -0.344 e. The number of nitrogens with one attached hydrogen (secondary N) is 1. The molecule has 0 saturated carbocycles. The van der Waals surface area contributed by atoms with Crippen molar-refractivity contribution >= 4 is 11.8 Å². The fourth-order valence-corrected chi connectivity index (χ4v) is 2.31. The highest BCUT2D eigenvalue weighted by Gasteiger charge is 2.28. The van der Waals surface area contributed by atoms with E-state index in [0.717, 1.165) is 19.4 Å². The van der Waals surface area contributed by atoms with Crippen molar-refractivity contribution in [1.82, 2.24) is 10.2 Å². The lowest BCUT2D eigenvalue weighted by molar-refractivity contribution is -0.134. The van der Waals surface area contributed by atoms with Crippen LogP contribution in [0.15, 0.2) is 0 Å². The van der Waals surface area contributed by atoms with Gasteiger partial charge in [-0.3, -0.25) is 9.59 Å². The highest BCUT2D eigenvalue weighted by molar-refractivity contribution is 5.89. The van der Waals surface area contributed by atoms with E-state index in [1.165, 1.54) is 0 Å². The summed E-state index contributed by atoms with van der Waals surface area (Å²) in [6, 6.07) is -0.321. The number of nitrogens with zero attached hydrogens (tertiary/aromatic N) is 1. The van der Waals surface area contributed by atoms with Crippen LogP contribution in [0.25, 0.3) is 0 Å². The van der Waals surface area contributed by atoms with Crippen LogP contribution in [0.3, 0.4) is 0 Å². The van der Waals surface area contributed by atoms with E-state index in [1.54, 1.807) is 0 Å². The molecule has 2 amide bonds. The van der Waals surface area contributed by atoms with Crippen LogP contribution in [-0.4, -0.2) is 35.8 Å². The SMILES string of the molecule is CCCC(C)CN1CCC(=O)NC(CC)C1=O. The third-order valence-corrected chi connectivity index (χ3v) is 3.28. The molecule has 0 radical (unpaired) electrons. The van der Waals surface area contributed by atoms with Crippen molar-refractivity contribution < 1.29 is 9.59 Å². The number of hydrogen-bond donors (Lipinski definition) is 1. The van der Waals surface area contributed by atoms with Crippen molar-refractivity contribution in [1.29, 1.82) is 0 Å². The Balaban J connectivity index is 2.63. The van der Waals surface area contributed by atoms with E-state index in [4.69, 9.17) is 0 Å². The molecule has 17 heavy (non-hydrogen) atoms. The summed E-state index contributed by atoms with van der Waals surface area (Å²) in [4.78, 5) is 25.5. The zero-order valence-corrected chi connectivity index (χ0v) is 11.2. The van der Waals surface area contributed by atoms with Gasteiger partial charge in [0.1, 0.15) is 6.04 Å². The molecule has 98 valence electrons. The third-order valence-electron chi connectivity index (χ3n) is 3.28. The molecular weight excluding hydrogens is 216 g/mol. The van der Waals surface area contributed by atoms with E-state index < -0.39 is 0 Å². The van der Waals surface area contributed by atoms with Gasteiger partial charge in [-0.05, 0) is 18.8 Å². The minimum absolute atomic E-state index is 0.00385. The standard InChI is InChI=1S/C13H24N2O2/c1-4-6-10(3)9-15-8-7-12(16)14-11(5-2)13(15)17/h10-11H,4-9H2,1-3H3,(H,14,16). The van der Waals surface area contributed by atoms with E-state index in [9.17, 15) is 9.59 Å². The molecule has 1 aliphatic heterocycles. The van der Waals surface area contributed by atoms with Gasteiger partial charge in [0.15, 0.2) is 0 Å². The molecule has 0 aromatic heterocycles. The Labute approximate surface area is 104 Å². The highest BCUT2D eigenvalue weighted by Crippen LogP contribution is 2.12. The minimum atomic E-state index is -0.321. The Morgan fingerprint density at radius 2 is 2.12 bits per heavy atom. The molecule has 1 saturated heterocycles. The number of rotatable bonds is 5. The molecular formula is C13H24N2O2. The molecule has 4 nitrogen and oxygen atoms in total. The van der Waals surface area contributed by atoms with Gasteiger partial charge in [-0.25, -0.2) is 0 Å². The Kier molecular flexibility index (Phi) is 5.45. The largest absolute Gasteiger partial charge is 0.344 e. The number of carbonyl (C=O) groups is 2. The second-order valence-corrected chi connectivity index (χ2v) is 4.96. The molecule has 0 bridgehead atoms.